The number of hydrogen-bond acceptors (Lipinski definition) is 4. The molecule has 0 bridgehead atoms. The van der Waals surface area contributed by atoms with Gasteiger partial charge in [-0.25, -0.2) is 4.99 Å². The highest BCUT2D eigenvalue weighted by molar-refractivity contribution is 5.97. The molecule has 71 valence electrons. The van der Waals surface area contributed by atoms with Crippen molar-refractivity contribution >= 4 is 11.6 Å². The second kappa shape index (κ2) is 2.61. The number of ketones is 1. The van der Waals surface area contributed by atoms with Gasteiger partial charge in [-0.3, -0.25) is 4.79 Å². The average Bonchev–Trinajstić information content (AvgIpc) is 2.30. The van der Waals surface area contributed by atoms with Gasteiger partial charge < -0.3 is 0 Å². The van der Waals surface area contributed by atoms with E-state index >= 15 is 0 Å². The predicted molar refractivity (Wildman–Crippen MR) is 37.1 cm³/mol. The van der Waals surface area contributed by atoms with Crippen LogP contribution in [0, 0.1) is 6.92 Å². The number of nitrogens with zero attached hydrogens (tertiary/aromatic N) is 3. The van der Waals surface area contributed by atoms with Crippen molar-refractivity contribution in [2.24, 2.45) is 15.2 Å². The van der Waals surface area contributed by atoms with Gasteiger partial charge in [0.05, 0.1) is 0 Å². The third-order valence-electron chi connectivity index (χ3n) is 1.45. The van der Waals surface area contributed by atoms with Crippen molar-refractivity contribution < 1.29 is 18.0 Å². The monoisotopic (exact) mass is 192 g/mol. The van der Waals surface area contributed by atoms with E-state index in [0.29, 0.717) is 0 Å². The summed E-state index contributed by atoms with van der Waals surface area (Å²) in [5.41, 5.74) is -3.10. The summed E-state index contributed by atoms with van der Waals surface area (Å²) in [5, 5.41) is 5.87. The Balaban J connectivity index is 3.22. The molecule has 0 fully saturated rings. The molecule has 1 aliphatic rings. The van der Waals surface area contributed by atoms with Crippen LogP contribution in [0.1, 0.15) is 6.92 Å². The highest BCUT2D eigenvalue weighted by Crippen LogP contribution is 2.38. The second-order valence-electron chi connectivity index (χ2n) is 2.45. The lowest BCUT2D eigenvalue weighted by Gasteiger charge is -2.20. The summed E-state index contributed by atoms with van der Waals surface area (Å²) in [7, 11) is 0. The van der Waals surface area contributed by atoms with Crippen LogP contribution in [-0.2, 0) is 4.79 Å². The molecule has 1 heterocycles. The normalized spacial score (nSPS) is 27.6. The average molecular weight is 192 g/mol. The molecule has 1 radical (unpaired) electrons. The van der Waals surface area contributed by atoms with Crippen LogP contribution < -0.4 is 0 Å². The van der Waals surface area contributed by atoms with Crippen molar-refractivity contribution in [2.75, 3.05) is 0 Å². The SMILES string of the molecule is [CH2]C(=O)C1(C(F)(F)F)N=NC(C)=N1. The number of aliphatic imine (C=N–C) groups is 1. The van der Waals surface area contributed by atoms with E-state index < -0.39 is 17.6 Å². The molecule has 0 saturated heterocycles. The molecule has 1 atom stereocenters. The van der Waals surface area contributed by atoms with Crippen molar-refractivity contribution in [3.8, 4) is 0 Å². The lowest BCUT2D eigenvalue weighted by Crippen LogP contribution is -2.46. The van der Waals surface area contributed by atoms with Crippen molar-refractivity contribution in [3.63, 3.8) is 0 Å². The van der Waals surface area contributed by atoms with Crippen molar-refractivity contribution in [3.05, 3.63) is 6.92 Å². The first-order chi connectivity index (χ1) is 5.79. The lowest BCUT2D eigenvalue weighted by molar-refractivity contribution is -0.185. The van der Waals surface area contributed by atoms with Crippen molar-refractivity contribution in [2.45, 2.75) is 18.8 Å². The molecule has 4 nitrogen and oxygen atoms in total. The van der Waals surface area contributed by atoms with Crippen molar-refractivity contribution in [1.29, 1.82) is 0 Å². The van der Waals surface area contributed by atoms with Gasteiger partial charge in [-0.2, -0.15) is 13.2 Å². The fourth-order valence-electron chi connectivity index (χ4n) is 0.820. The number of alkyl halides is 3. The zero-order chi connectivity index (χ0) is 10.3. The molecule has 0 aromatic carbocycles. The maximum absolute atomic E-state index is 12.3. The lowest BCUT2D eigenvalue weighted by atomic mass is 10.1. The Morgan fingerprint density at radius 2 is 2.08 bits per heavy atom. The van der Waals surface area contributed by atoms with Gasteiger partial charge in [0.1, 0.15) is 5.84 Å². The van der Waals surface area contributed by atoms with Gasteiger partial charge >= 0.3 is 11.8 Å². The third-order valence-corrected chi connectivity index (χ3v) is 1.45. The fraction of sp³-hybridized carbons (Fsp3) is 0.500. The Morgan fingerprint density at radius 3 is 2.23 bits per heavy atom. The minimum absolute atomic E-state index is 0.186. The topological polar surface area (TPSA) is 54.1 Å². The maximum Gasteiger partial charge on any atom is 0.443 e. The Bertz CT molecular complexity index is 307. The molecule has 0 N–H and O–H groups in total. The molecule has 0 aromatic rings. The molecular weight excluding hydrogens is 187 g/mol. The molecule has 7 heteroatoms. The Labute approximate surface area is 71.6 Å². The molecule has 1 rings (SSSR count). The molecule has 0 saturated carbocycles. The van der Waals surface area contributed by atoms with Gasteiger partial charge in [0.15, 0.2) is 5.78 Å². The summed E-state index contributed by atoms with van der Waals surface area (Å²) < 4.78 is 37.0. The van der Waals surface area contributed by atoms with E-state index in [4.69, 9.17) is 0 Å². The number of carbonyl (C=O) groups excluding carboxylic acids is 1. The molecule has 13 heavy (non-hydrogen) atoms. The van der Waals surface area contributed by atoms with E-state index in [2.05, 4.69) is 22.1 Å². The predicted octanol–water partition coefficient (Wildman–Crippen LogP) is 1.53. The zero-order valence-corrected chi connectivity index (χ0v) is 6.59. The first-order valence-electron chi connectivity index (χ1n) is 3.22. The molecule has 0 aliphatic carbocycles. The van der Waals surface area contributed by atoms with Crippen LogP contribution >= 0.6 is 0 Å². The van der Waals surface area contributed by atoms with Crippen LogP contribution in [0.15, 0.2) is 15.2 Å². The standard InChI is InChI=1S/C6H5F3N3O/c1-3(13)5(6(7,8)9)10-4(2)11-12-5/h1H2,2H3. The molecule has 1 unspecified atom stereocenters. The number of halogens is 3. The molecular formula is C6H5F3N3O. The van der Waals surface area contributed by atoms with E-state index in [9.17, 15) is 18.0 Å². The molecule has 0 aromatic heterocycles. The number of rotatable bonds is 1. The maximum atomic E-state index is 12.3. The van der Waals surface area contributed by atoms with Crippen LogP contribution in [-0.4, -0.2) is 23.5 Å². The number of carbonyl (C=O) groups is 1. The highest BCUT2D eigenvalue weighted by Gasteiger charge is 2.61. The van der Waals surface area contributed by atoms with Gasteiger partial charge in [-0.1, -0.05) is 0 Å². The summed E-state index contributed by atoms with van der Waals surface area (Å²) in [5.74, 6) is -1.62. The van der Waals surface area contributed by atoms with Gasteiger partial charge in [0.2, 0.25) is 0 Å². The minimum Gasteiger partial charge on any atom is -0.294 e. The molecule has 0 amide bonds. The Hall–Kier alpha value is -1.27. The van der Waals surface area contributed by atoms with E-state index in [1.54, 1.807) is 0 Å². The number of Topliss-reactive ketones (excluding diaryl/α,β-unsaturated/α-hetero) is 1. The largest absolute Gasteiger partial charge is 0.443 e. The number of amidine groups is 1. The van der Waals surface area contributed by atoms with Gasteiger partial charge in [0.25, 0.3) is 0 Å². The smallest absolute Gasteiger partial charge is 0.294 e. The summed E-state index contributed by atoms with van der Waals surface area (Å²) in [6.45, 7) is 3.90. The second-order valence-corrected chi connectivity index (χ2v) is 2.45. The van der Waals surface area contributed by atoms with Gasteiger partial charge in [-0.05, 0) is 6.92 Å². The van der Waals surface area contributed by atoms with Crippen LogP contribution in [0.4, 0.5) is 13.2 Å². The van der Waals surface area contributed by atoms with E-state index in [1.807, 2.05) is 0 Å². The highest BCUT2D eigenvalue weighted by atomic mass is 19.4. The van der Waals surface area contributed by atoms with Crippen LogP contribution in [0.5, 0.6) is 0 Å². The first kappa shape index (κ1) is 9.82. The van der Waals surface area contributed by atoms with E-state index in [0.717, 1.165) is 0 Å². The minimum atomic E-state index is -4.88. The summed E-state index contributed by atoms with van der Waals surface area (Å²) in [6, 6.07) is 0. The third kappa shape index (κ3) is 1.34. The molecule has 0 spiro atoms. The number of azo groups is 1. The summed E-state index contributed by atoms with van der Waals surface area (Å²) in [6.07, 6.45) is -4.88. The van der Waals surface area contributed by atoms with Gasteiger partial charge in [-0.15, -0.1) is 10.2 Å². The fourth-order valence-corrected chi connectivity index (χ4v) is 0.820. The Kier molecular flexibility index (Phi) is 1.97. The summed E-state index contributed by atoms with van der Waals surface area (Å²) in [4.78, 5) is 13.7. The van der Waals surface area contributed by atoms with Crippen molar-refractivity contribution in [1.82, 2.24) is 0 Å². The Morgan fingerprint density at radius 1 is 1.54 bits per heavy atom. The quantitative estimate of drug-likeness (QED) is 0.621. The van der Waals surface area contributed by atoms with Crippen LogP contribution in [0.3, 0.4) is 0 Å². The number of hydrogen-bond donors (Lipinski definition) is 0. The first-order valence-corrected chi connectivity index (χ1v) is 3.22. The van der Waals surface area contributed by atoms with E-state index in [1.165, 1.54) is 6.92 Å². The molecule has 1 aliphatic heterocycles. The van der Waals surface area contributed by atoms with Crippen LogP contribution in [0.2, 0.25) is 0 Å². The zero-order valence-electron chi connectivity index (χ0n) is 6.59. The van der Waals surface area contributed by atoms with Gasteiger partial charge in [0, 0.05) is 6.92 Å². The summed E-state index contributed by atoms with van der Waals surface area (Å²) >= 11 is 0. The van der Waals surface area contributed by atoms with E-state index in [-0.39, 0.29) is 5.84 Å². The van der Waals surface area contributed by atoms with Crippen LogP contribution in [0.25, 0.3) is 0 Å².